The van der Waals surface area contributed by atoms with Gasteiger partial charge in [0.15, 0.2) is 0 Å². The van der Waals surface area contributed by atoms with Crippen LogP contribution >= 0.6 is 0 Å². The Morgan fingerprint density at radius 3 is 3.20 bits per heavy atom. The van der Waals surface area contributed by atoms with E-state index in [2.05, 4.69) is 22.5 Å². The van der Waals surface area contributed by atoms with Crippen molar-refractivity contribution in [3.8, 4) is 0 Å². The van der Waals surface area contributed by atoms with E-state index in [9.17, 15) is 0 Å². The molecule has 0 spiro atoms. The quantitative estimate of drug-likeness (QED) is 0.428. The fourth-order valence-corrected chi connectivity index (χ4v) is 0.699. The Kier molecular flexibility index (Phi) is 3.00. The Hall–Kier alpha value is -0.790. The average molecular weight is 138 g/mol. The predicted octanol–water partition coefficient (Wildman–Crippen LogP) is 1.79. The molecule has 55 valence electrons. The number of rotatable bonds is 4. The SMILES string of the molecule is CON=CC=CCC1[CH]C1. The van der Waals surface area contributed by atoms with Gasteiger partial charge in [0.05, 0.1) is 6.21 Å². The third kappa shape index (κ3) is 3.28. The van der Waals surface area contributed by atoms with Gasteiger partial charge in [-0.3, -0.25) is 0 Å². The van der Waals surface area contributed by atoms with E-state index in [4.69, 9.17) is 0 Å². The van der Waals surface area contributed by atoms with Crippen LogP contribution in [0.5, 0.6) is 0 Å². The van der Waals surface area contributed by atoms with E-state index < -0.39 is 0 Å². The molecular formula is C8H12NO. The van der Waals surface area contributed by atoms with Crippen molar-refractivity contribution in [1.29, 1.82) is 0 Å². The van der Waals surface area contributed by atoms with E-state index in [0.29, 0.717) is 0 Å². The van der Waals surface area contributed by atoms with Crippen molar-refractivity contribution in [2.75, 3.05) is 7.11 Å². The summed E-state index contributed by atoms with van der Waals surface area (Å²) < 4.78 is 0. The van der Waals surface area contributed by atoms with Gasteiger partial charge in [0.25, 0.3) is 0 Å². The van der Waals surface area contributed by atoms with Gasteiger partial charge in [-0.05, 0) is 31.3 Å². The van der Waals surface area contributed by atoms with Gasteiger partial charge < -0.3 is 4.84 Å². The molecule has 1 atom stereocenters. The standard InChI is InChI=1S/C8H12NO/c1-10-9-7-3-2-4-8-5-6-8/h2-3,5,7-8H,4,6H2,1H3. The molecule has 1 unspecified atom stereocenters. The average Bonchev–Trinajstić information content (AvgIpc) is 2.71. The van der Waals surface area contributed by atoms with Crippen molar-refractivity contribution < 1.29 is 4.84 Å². The van der Waals surface area contributed by atoms with Crippen molar-refractivity contribution in [1.82, 2.24) is 0 Å². The molecule has 0 aromatic carbocycles. The van der Waals surface area contributed by atoms with Crippen LogP contribution in [0, 0.1) is 12.3 Å². The highest BCUT2D eigenvalue weighted by molar-refractivity contribution is 5.70. The second-order valence-electron chi connectivity index (χ2n) is 2.33. The van der Waals surface area contributed by atoms with Crippen LogP contribution in [0.25, 0.3) is 0 Å². The lowest BCUT2D eigenvalue weighted by atomic mass is 10.3. The Morgan fingerprint density at radius 2 is 2.60 bits per heavy atom. The molecule has 1 radical (unpaired) electrons. The summed E-state index contributed by atoms with van der Waals surface area (Å²) in [5.74, 6) is 0.840. The molecular weight excluding hydrogens is 126 g/mol. The fourth-order valence-electron chi connectivity index (χ4n) is 0.699. The monoisotopic (exact) mass is 138 g/mol. The molecule has 1 aliphatic carbocycles. The van der Waals surface area contributed by atoms with E-state index in [1.54, 1.807) is 13.3 Å². The first kappa shape index (κ1) is 7.32. The minimum Gasteiger partial charge on any atom is -0.399 e. The van der Waals surface area contributed by atoms with Crippen molar-refractivity contribution in [2.45, 2.75) is 12.8 Å². The molecule has 1 aliphatic rings. The maximum Gasteiger partial charge on any atom is 0.106 e. The lowest BCUT2D eigenvalue weighted by Gasteiger charge is -1.82. The third-order valence-electron chi connectivity index (χ3n) is 1.40. The number of hydrogen-bond donors (Lipinski definition) is 0. The van der Waals surface area contributed by atoms with Crippen molar-refractivity contribution in [3.05, 3.63) is 18.6 Å². The maximum absolute atomic E-state index is 4.47. The number of nitrogens with zero attached hydrogens (tertiary/aromatic N) is 1. The lowest BCUT2D eigenvalue weighted by molar-refractivity contribution is 0.215. The van der Waals surface area contributed by atoms with E-state index in [-0.39, 0.29) is 0 Å². The molecule has 10 heavy (non-hydrogen) atoms. The highest BCUT2D eigenvalue weighted by Gasteiger charge is 2.19. The molecule has 1 saturated carbocycles. The summed E-state index contributed by atoms with van der Waals surface area (Å²) in [6, 6.07) is 0. The van der Waals surface area contributed by atoms with Crippen LogP contribution in [0.1, 0.15) is 12.8 Å². The Morgan fingerprint density at radius 1 is 1.80 bits per heavy atom. The Balaban J connectivity index is 1.98. The first-order valence-electron chi connectivity index (χ1n) is 3.48. The topological polar surface area (TPSA) is 21.6 Å². The molecule has 1 fully saturated rings. The molecule has 0 amide bonds. The van der Waals surface area contributed by atoms with Crippen LogP contribution in [-0.2, 0) is 4.84 Å². The molecule has 0 heterocycles. The van der Waals surface area contributed by atoms with E-state index in [1.807, 2.05) is 6.08 Å². The highest BCUT2D eigenvalue weighted by Crippen LogP contribution is 2.30. The summed E-state index contributed by atoms with van der Waals surface area (Å²) >= 11 is 0. The smallest absolute Gasteiger partial charge is 0.106 e. The van der Waals surface area contributed by atoms with Crippen molar-refractivity contribution >= 4 is 6.21 Å². The van der Waals surface area contributed by atoms with Crippen LogP contribution < -0.4 is 0 Å². The zero-order valence-corrected chi connectivity index (χ0v) is 6.16. The van der Waals surface area contributed by atoms with Crippen molar-refractivity contribution in [3.63, 3.8) is 0 Å². The van der Waals surface area contributed by atoms with E-state index >= 15 is 0 Å². The van der Waals surface area contributed by atoms with Gasteiger partial charge in [-0.2, -0.15) is 0 Å². The first-order chi connectivity index (χ1) is 4.93. The molecule has 0 N–H and O–H groups in total. The Bertz CT molecular complexity index is 136. The van der Waals surface area contributed by atoms with E-state index in [0.717, 1.165) is 12.3 Å². The first-order valence-corrected chi connectivity index (χ1v) is 3.48. The van der Waals surface area contributed by atoms with Crippen LogP contribution in [0.15, 0.2) is 17.3 Å². The number of allylic oxidation sites excluding steroid dienone is 2. The zero-order chi connectivity index (χ0) is 7.23. The fraction of sp³-hybridized carbons (Fsp3) is 0.500. The molecule has 0 saturated heterocycles. The van der Waals surface area contributed by atoms with Gasteiger partial charge in [-0.1, -0.05) is 11.2 Å². The largest absolute Gasteiger partial charge is 0.399 e. The molecule has 0 aliphatic heterocycles. The minimum atomic E-state index is 0.840. The molecule has 2 heteroatoms. The molecule has 2 nitrogen and oxygen atoms in total. The summed E-state index contributed by atoms with van der Waals surface area (Å²) in [5, 5.41) is 3.57. The third-order valence-corrected chi connectivity index (χ3v) is 1.40. The van der Waals surface area contributed by atoms with Crippen molar-refractivity contribution in [2.24, 2.45) is 11.1 Å². The second-order valence-corrected chi connectivity index (χ2v) is 2.33. The molecule has 0 aromatic heterocycles. The summed E-state index contributed by atoms with van der Waals surface area (Å²) in [7, 11) is 1.54. The number of hydrogen-bond acceptors (Lipinski definition) is 2. The minimum absolute atomic E-state index is 0.840. The van der Waals surface area contributed by atoms with Crippen LogP contribution in [0.2, 0.25) is 0 Å². The summed E-state index contributed by atoms with van der Waals surface area (Å²) in [5.41, 5.74) is 0. The van der Waals surface area contributed by atoms with Gasteiger partial charge in [0.2, 0.25) is 0 Å². The second kappa shape index (κ2) is 4.09. The summed E-state index contributed by atoms with van der Waals surface area (Å²) in [6.07, 6.45) is 10.4. The highest BCUT2D eigenvalue weighted by atomic mass is 16.6. The molecule has 1 rings (SSSR count). The molecule has 0 bridgehead atoms. The number of oxime groups is 1. The van der Waals surface area contributed by atoms with Crippen LogP contribution in [0.4, 0.5) is 0 Å². The van der Waals surface area contributed by atoms with Crippen LogP contribution in [0.3, 0.4) is 0 Å². The lowest BCUT2D eigenvalue weighted by Crippen LogP contribution is -1.71. The van der Waals surface area contributed by atoms with Gasteiger partial charge in [-0.25, -0.2) is 0 Å². The summed E-state index contributed by atoms with van der Waals surface area (Å²) in [4.78, 5) is 4.47. The predicted molar refractivity (Wildman–Crippen MR) is 41.7 cm³/mol. The summed E-state index contributed by atoms with van der Waals surface area (Å²) in [6.45, 7) is 0. The van der Waals surface area contributed by atoms with E-state index in [1.165, 1.54) is 6.42 Å². The maximum atomic E-state index is 4.47. The Labute approximate surface area is 61.6 Å². The normalized spacial score (nSPS) is 18.9. The van der Waals surface area contributed by atoms with Gasteiger partial charge >= 0.3 is 0 Å². The van der Waals surface area contributed by atoms with Gasteiger partial charge in [-0.15, -0.1) is 0 Å². The molecule has 0 aromatic rings. The zero-order valence-electron chi connectivity index (χ0n) is 6.16. The van der Waals surface area contributed by atoms with Gasteiger partial charge in [0.1, 0.15) is 7.11 Å². The van der Waals surface area contributed by atoms with Crippen LogP contribution in [-0.4, -0.2) is 13.3 Å². The van der Waals surface area contributed by atoms with Gasteiger partial charge in [0, 0.05) is 0 Å².